The second kappa shape index (κ2) is 60.5. The molecule has 1 N–H and O–H groups in total. The van der Waals surface area contributed by atoms with Gasteiger partial charge in [-0.1, -0.05) is 366 Å². The van der Waals surface area contributed by atoms with Crippen LogP contribution in [0.15, 0.2) is 0 Å². The standard InChI is InChI=1S/C64H127NOS4/c1-5-9-13-17-21-25-29-33-36-40-44-48-52-56-62(67)65-60-59-64(58-54-50-46-42-38-32-28-24-20-16-12-8-4,66-69-61-55-51-47-43-39-35-31-27-23-19-15-11-7-3)70-63(68)57-53-49-45-41-37-34-30-26-22-18-14-10-6-2/h5-61H2,1-4H3,(H,65,67). The Morgan fingerprint density at radius 1 is 0.329 bits per heavy atom. The summed E-state index contributed by atoms with van der Waals surface area (Å²) >= 11 is 15.9. The molecule has 0 aromatic rings. The van der Waals surface area contributed by atoms with Crippen molar-refractivity contribution in [1.29, 1.82) is 0 Å². The third kappa shape index (κ3) is 54.9. The normalized spacial score (nSPS) is 12.5. The summed E-state index contributed by atoms with van der Waals surface area (Å²) in [7, 11) is 0. The van der Waals surface area contributed by atoms with Crippen molar-refractivity contribution < 1.29 is 4.18 Å². The molecule has 0 spiro atoms. The van der Waals surface area contributed by atoms with Gasteiger partial charge >= 0.3 is 0 Å². The van der Waals surface area contributed by atoms with Crippen LogP contribution in [0.3, 0.4) is 0 Å². The van der Waals surface area contributed by atoms with E-state index >= 15 is 0 Å². The minimum absolute atomic E-state index is 0.272. The molecule has 0 fully saturated rings. The molecule has 418 valence electrons. The van der Waals surface area contributed by atoms with Gasteiger partial charge in [-0.15, -0.1) is 0 Å². The highest BCUT2D eigenvalue weighted by Gasteiger charge is 2.33. The Labute approximate surface area is 462 Å². The van der Waals surface area contributed by atoms with Gasteiger partial charge in [0, 0.05) is 18.7 Å². The number of unbranched alkanes of at least 4 members (excludes halogenated alkanes) is 47. The zero-order valence-corrected chi connectivity index (χ0v) is 51.6. The minimum atomic E-state index is -0.272. The molecule has 0 radical (unpaired) electrons. The van der Waals surface area contributed by atoms with Gasteiger partial charge in [0.15, 0.2) is 0 Å². The fourth-order valence-corrected chi connectivity index (χ4v) is 13.2. The Balaban J connectivity index is 5.15. The predicted molar refractivity (Wildman–Crippen MR) is 334 cm³/mol. The van der Waals surface area contributed by atoms with Crippen LogP contribution in [0.2, 0.25) is 0 Å². The molecule has 0 aliphatic heterocycles. The molecule has 6 heteroatoms. The van der Waals surface area contributed by atoms with E-state index in [0.717, 1.165) is 43.0 Å². The fourth-order valence-electron chi connectivity index (χ4n) is 10.2. The lowest BCUT2D eigenvalue weighted by atomic mass is 10.0. The van der Waals surface area contributed by atoms with Crippen LogP contribution in [0.1, 0.15) is 381 Å². The number of thioether (sulfide) groups is 1. The van der Waals surface area contributed by atoms with Crippen LogP contribution in [-0.4, -0.2) is 26.4 Å². The van der Waals surface area contributed by atoms with Gasteiger partial charge in [0.1, 0.15) is 4.93 Å². The lowest BCUT2D eigenvalue weighted by Crippen LogP contribution is -2.34. The quantitative estimate of drug-likeness (QED) is 0.0282. The monoisotopic (exact) mass is 1050 g/mol. The van der Waals surface area contributed by atoms with Crippen LogP contribution in [0.25, 0.3) is 0 Å². The molecular formula is C64H127NOS4. The van der Waals surface area contributed by atoms with Crippen molar-refractivity contribution in [2.45, 2.75) is 386 Å². The highest BCUT2D eigenvalue weighted by Crippen LogP contribution is 2.41. The Bertz CT molecular complexity index is 1030. The van der Waals surface area contributed by atoms with Gasteiger partial charge in [-0.25, -0.2) is 0 Å². The summed E-state index contributed by atoms with van der Waals surface area (Å²) in [5, 5.41) is 3.74. The van der Waals surface area contributed by atoms with Gasteiger partial charge in [0.25, 0.3) is 0 Å². The van der Waals surface area contributed by atoms with E-state index in [2.05, 4.69) is 33.0 Å². The van der Waals surface area contributed by atoms with Crippen LogP contribution in [0.4, 0.5) is 0 Å². The number of hydrogen-bond acceptors (Lipinski definition) is 5. The summed E-state index contributed by atoms with van der Waals surface area (Å²) in [4.78, 5) is 0.785. The fraction of sp³-hybridized carbons (Fsp3) is 0.969. The zero-order valence-electron chi connectivity index (χ0n) is 48.3. The first-order valence-electron chi connectivity index (χ1n) is 32.3. The predicted octanol–water partition coefficient (Wildman–Crippen LogP) is 24.9. The van der Waals surface area contributed by atoms with E-state index in [1.165, 1.54) is 332 Å². The summed E-state index contributed by atoms with van der Waals surface area (Å²) < 4.78 is 8.28. The Morgan fingerprint density at radius 3 is 0.929 bits per heavy atom. The van der Waals surface area contributed by atoms with Crippen molar-refractivity contribution in [3.63, 3.8) is 0 Å². The molecule has 0 saturated carbocycles. The number of hydrogen-bond donors (Lipinski definition) is 1. The summed E-state index contributed by atoms with van der Waals surface area (Å²) in [5.41, 5.74) is 0. The molecule has 0 aromatic carbocycles. The van der Waals surface area contributed by atoms with Crippen molar-refractivity contribution in [3.05, 3.63) is 0 Å². The van der Waals surface area contributed by atoms with Crippen LogP contribution >= 0.6 is 48.2 Å². The second-order valence-corrected chi connectivity index (χ2v) is 25.8. The maximum Gasteiger partial charge on any atom is 0.134 e. The molecule has 0 aromatic heterocycles. The molecule has 0 saturated heterocycles. The topological polar surface area (TPSA) is 21.3 Å². The third-order valence-electron chi connectivity index (χ3n) is 15.1. The molecule has 0 aliphatic rings. The number of nitrogens with one attached hydrogen (secondary N) is 1. The van der Waals surface area contributed by atoms with E-state index in [1.54, 1.807) is 12.0 Å². The van der Waals surface area contributed by atoms with Crippen LogP contribution in [0, 0.1) is 0 Å². The molecule has 0 aliphatic carbocycles. The summed E-state index contributed by atoms with van der Waals surface area (Å²) in [5.74, 6) is 1.09. The first-order valence-corrected chi connectivity index (χ1v) is 34.9. The van der Waals surface area contributed by atoms with Gasteiger partial charge in [-0.3, -0.25) is 4.18 Å². The third-order valence-corrected chi connectivity index (χ3v) is 18.2. The lowest BCUT2D eigenvalue weighted by Gasteiger charge is -2.33. The molecule has 0 amide bonds. The van der Waals surface area contributed by atoms with Gasteiger partial charge < -0.3 is 5.32 Å². The van der Waals surface area contributed by atoms with Crippen LogP contribution in [0.5, 0.6) is 0 Å². The van der Waals surface area contributed by atoms with Crippen molar-refractivity contribution in [3.8, 4) is 0 Å². The van der Waals surface area contributed by atoms with Crippen molar-refractivity contribution in [1.82, 2.24) is 5.32 Å². The maximum absolute atomic E-state index is 7.10. The largest absolute Gasteiger partial charge is 0.380 e. The minimum Gasteiger partial charge on any atom is -0.380 e. The first kappa shape index (κ1) is 70.6. The van der Waals surface area contributed by atoms with Crippen LogP contribution < -0.4 is 5.32 Å². The van der Waals surface area contributed by atoms with Gasteiger partial charge in [-0.05, 0) is 57.0 Å². The Hall–Kier alpha value is 0.640. The SMILES string of the molecule is CCCCCCCCCCCCCCCSOC(CCCCCCCCCCCCCC)(CCNC(=S)CCCCCCCCCCCCCCC)SC(=S)CCCCCCCCCCCCCCC. The van der Waals surface area contributed by atoms with Crippen molar-refractivity contribution >= 4 is 57.4 Å². The van der Waals surface area contributed by atoms with E-state index in [0.29, 0.717) is 0 Å². The van der Waals surface area contributed by atoms with E-state index in [9.17, 15) is 0 Å². The highest BCUT2D eigenvalue weighted by atomic mass is 32.2. The molecule has 70 heavy (non-hydrogen) atoms. The van der Waals surface area contributed by atoms with E-state index in [-0.39, 0.29) is 4.93 Å². The van der Waals surface area contributed by atoms with Gasteiger partial charge in [0.2, 0.25) is 0 Å². The first-order chi connectivity index (χ1) is 34.5. The molecule has 0 rings (SSSR count). The average molecular weight is 1050 g/mol. The summed E-state index contributed by atoms with van der Waals surface area (Å²) in [6.07, 6.45) is 75.1. The van der Waals surface area contributed by atoms with Crippen LogP contribution in [-0.2, 0) is 4.18 Å². The number of rotatable bonds is 61. The van der Waals surface area contributed by atoms with E-state index in [1.807, 2.05) is 11.8 Å². The average Bonchev–Trinajstić information content (AvgIpc) is 3.36. The Morgan fingerprint density at radius 2 is 0.600 bits per heavy atom. The smallest absolute Gasteiger partial charge is 0.134 e. The Kier molecular flexibility index (Phi) is 61.1. The summed E-state index contributed by atoms with van der Waals surface area (Å²) in [6, 6.07) is 0. The van der Waals surface area contributed by atoms with Crippen molar-refractivity contribution in [2.75, 3.05) is 12.3 Å². The maximum atomic E-state index is 7.10. The lowest BCUT2D eigenvalue weighted by molar-refractivity contribution is 0.175. The second-order valence-electron chi connectivity index (χ2n) is 22.3. The zero-order chi connectivity index (χ0) is 50.8. The van der Waals surface area contributed by atoms with E-state index in [4.69, 9.17) is 28.6 Å². The summed E-state index contributed by atoms with van der Waals surface area (Å²) in [6.45, 7) is 10.1. The van der Waals surface area contributed by atoms with E-state index < -0.39 is 0 Å². The molecule has 0 heterocycles. The molecule has 1 atom stereocenters. The molecule has 2 nitrogen and oxygen atoms in total. The van der Waals surface area contributed by atoms with Gasteiger partial charge in [0.05, 0.1) is 9.19 Å². The number of thiocarbonyl (C=S) groups is 2. The highest BCUT2D eigenvalue weighted by molar-refractivity contribution is 8.24. The molecular weight excluding hydrogens is 927 g/mol. The van der Waals surface area contributed by atoms with Crippen molar-refractivity contribution in [2.24, 2.45) is 0 Å². The van der Waals surface area contributed by atoms with Gasteiger partial charge in [-0.2, -0.15) is 0 Å². The molecule has 0 bridgehead atoms. The molecule has 1 unspecified atom stereocenters.